The largest absolute Gasteiger partial charge is 0.507 e. The van der Waals surface area contributed by atoms with E-state index >= 15 is 0 Å². The zero-order valence-corrected chi connectivity index (χ0v) is 12.8. The van der Waals surface area contributed by atoms with Gasteiger partial charge in [-0.05, 0) is 24.3 Å². The van der Waals surface area contributed by atoms with Crippen LogP contribution in [-0.2, 0) is 6.18 Å². The molecule has 2 heterocycles. The number of hydrogen-bond acceptors (Lipinski definition) is 6. The molecule has 0 radical (unpaired) electrons. The summed E-state index contributed by atoms with van der Waals surface area (Å²) < 4.78 is 48.0. The molecule has 0 amide bonds. The molecule has 3 rings (SSSR count). The van der Waals surface area contributed by atoms with Crippen LogP contribution in [0, 0.1) is 0 Å². The van der Waals surface area contributed by atoms with Crippen molar-refractivity contribution in [2.75, 3.05) is 0 Å². The number of halogens is 3. The number of ether oxygens (including phenoxy) is 1. The first-order valence-corrected chi connectivity index (χ1v) is 7.06. The molecular formula is C16H10F3N3O4. The van der Waals surface area contributed by atoms with E-state index in [1.54, 1.807) is 0 Å². The van der Waals surface area contributed by atoms with Crippen molar-refractivity contribution in [1.82, 2.24) is 15.2 Å². The highest BCUT2D eigenvalue weighted by atomic mass is 19.4. The number of nitrogens with one attached hydrogen (secondary N) is 1. The molecule has 0 unspecified atom stereocenters. The Hall–Kier alpha value is -3.56. The quantitative estimate of drug-likeness (QED) is 0.403. The molecule has 0 aliphatic heterocycles. The molecule has 0 saturated carbocycles. The summed E-state index contributed by atoms with van der Waals surface area (Å²) in [5.74, 6) is -1.08. The van der Waals surface area contributed by atoms with Crippen molar-refractivity contribution < 1.29 is 32.2 Å². The van der Waals surface area contributed by atoms with Crippen molar-refractivity contribution in [2.24, 2.45) is 0 Å². The lowest BCUT2D eigenvalue weighted by Crippen LogP contribution is -2.04. The van der Waals surface area contributed by atoms with Gasteiger partial charge in [-0.3, -0.25) is 9.89 Å². The molecule has 134 valence electrons. The van der Waals surface area contributed by atoms with Gasteiger partial charge in [0, 0.05) is 6.08 Å². The summed E-state index contributed by atoms with van der Waals surface area (Å²) in [5, 5.41) is 15.9. The summed E-state index contributed by atoms with van der Waals surface area (Å²) >= 11 is 0. The molecule has 0 bridgehead atoms. The van der Waals surface area contributed by atoms with Crippen molar-refractivity contribution >= 4 is 11.5 Å². The Labute approximate surface area is 143 Å². The molecule has 3 aromatic rings. The Kier molecular flexibility index (Phi) is 4.48. The number of allylic oxidation sites excluding steroid dienone is 1. The zero-order chi connectivity index (χ0) is 18.7. The number of aromatic nitrogens is 3. The van der Waals surface area contributed by atoms with Gasteiger partial charge >= 0.3 is 6.18 Å². The smallest absolute Gasteiger partial charge is 0.416 e. The van der Waals surface area contributed by atoms with E-state index in [1.165, 1.54) is 0 Å². The second-order valence-corrected chi connectivity index (χ2v) is 5.00. The van der Waals surface area contributed by atoms with E-state index in [4.69, 9.17) is 9.15 Å². The standard InChI is InChI=1S/C16H10F3N3O4/c17-16(18,19)9-1-3-10(4-2-9)26-14-7-25-6-11(14)12(23)5-13(24)15-20-8-21-22-15/h1-8,23H,(H,20,21,22). The van der Waals surface area contributed by atoms with E-state index in [1.807, 2.05) is 0 Å². The summed E-state index contributed by atoms with van der Waals surface area (Å²) in [7, 11) is 0. The van der Waals surface area contributed by atoms with E-state index in [0.29, 0.717) is 0 Å². The van der Waals surface area contributed by atoms with Gasteiger partial charge in [0.05, 0.1) is 11.1 Å². The second kappa shape index (κ2) is 6.75. The summed E-state index contributed by atoms with van der Waals surface area (Å²) in [6.45, 7) is 0. The van der Waals surface area contributed by atoms with Crippen LogP contribution in [-0.4, -0.2) is 26.1 Å². The highest BCUT2D eigenvalue weighted by molar-refractivity contribution is 6.05. The minimum atomic E-state index is -4.46. The summed E-state index contributed by atoms with van der Waals surface area (Å²) in [6, 6.07) is 3.97. The Morgan fingerprint density at radius 3 is 2.58 bits per heavy atom. The number of aliphatic hydroxyl groups is 1. The van der Waals surface area contributed by atoms with Crippen LogP contribution in [0.25, 0.3) is 5.76 Å². The number of H-pyrrole nitrogens is 1. The zero-order valence-electron chi connectivity index (χ0n) is 12.8. The van der Waals surface area contributed by atoms with E-state index in [9.17, 15) is 23.1 Å². The topological polar surface area (TPSA) is 101 Å². The van der Waals surface area contributed by atoms with Crippen LogP contribution < -0.4 is 4.74 Å². The number of aromatic amines is 1. The predicted octanol–water partition coefficient (Wildman–Crippen LogP) is 3.99. The van der Waals surface area contributed by atoms with Crippen molar-refractivity contribution in [3.8, 4) is 11.5 Å². The molecule has 2 aromatic heterocycles. The third-order valence-corrected chi connectivity index (χ3v) is 3.23. The summed E-state index contributed by atoms with van der Waals surface area (Å²) in [5.41, 5.74) is -0.782. The minimum Gasteiger partial charge on any atom is -0.507 e. The van der Waals surface area contributed by atoms with Crippen molar-refractivity contribution in [3.63, 3.8) is 0 Å². The van der Waals surface area contributed by atoms with Gasteiger partial charge in [-0.25, -0.2) is 4.98 Å². The molecule has 0 atom stereocenters. The number of carbonyl (C=O) groups excluding carboxylic acids is 1. The first kappa shape index (κ1) is 17.3. The first-order chi connectivity index (χ1) is 12.3. The van der Waals surface area contributed by atoms with Crippen molar-refractivity contribution in [2.45, 2.75) is 6.18 Å². The molecular weight excluding hydrogens is 355 g/mol. The highest BCUT2D eigenvalue weighted by Gasteiger charge is 2.30. The van der Waals surface area contributed by atoms with Gasteiger partial charge in [-0.1, -0.05) is 0 Å². The number of alkyl halides is 3. The predicted molar refractivity (Wildman–Crippen MR) is 81.5 cm³/mol. The molecule has 0 aliphatic rings. The Bertz CT molecular complexity index is 929. The van der Waals surface area contributed by atoms with E-state index in [-0.39, 0.29) is 22.9 Å². The Morgan fingerprint density at radius 2 is 1.96 bits per heavy atom. The van der Waals surface area contributed by atoms with E-state index in [0.717, 1.165) is 49.2 Å². The Morgan fingerprint density at radius 1 is 1.23 bits per heavy atom. The van der Waals surface area contributed by atoms with Crippen LogP contribution in [0.3, 0.4) is 0 Å². The molecule has 0 saturated heterocycles. The third kappa shape index (κ3) is 3.74. The number of ketones is 1. The van der Waals surface area contributed by atoms with Gasteiger partial charge < -0.3 is 14.3 Å². The third-order valence-electron chi connectivity index (χ3n) is 3.23. The fourth-order valence-electron chi connectivity index (χ4n) is 1.98. The van der Waals surface area contributed by atoms with E-state index in [2.05, 4.69) is 15.2 Å². The van der Waals surface area contributed by atoms with Crippen LogP contribution in [0.5, 0.6) is 11.5 Å². The lowest BCUT2D eigenvalue weighted by atomic mass is 10.2. The van der Waals surface area contributed by atoms with Gasteiger partial charge in [0.1, 0.15) is 30.4 Å². The number of rotatable bonds is 5. The number of nitrogens with zero attached hydrogens (tertiary/aromatic N) is 2. The van der Waals surface area contributed by atoms with Crippen LogP contribution in [0.15, 0.2) is 53.6 Å². The molecule has 26 heavy (non-hydrogen) atoms. The minimum absolute atomic E-state index is 0.0175. The normalized spacial score (nSPS) is 12.2. The van der Waals surface area contributed by atoms with Gasteiger partial charge in [0.2, 0.25) is 5.78 Å². The monoisotopic (exact) mass is 365 g/mol. The molecule has 10 heteroatoms. The molecule has 7 nitrogen and oxygen atoms in total. The average molecular weight is 365 g/mol. The molecule has 0 spiro atoms. The SMILES string of the molecule is O=C(C=C(O)c1cocc1Oc1ccc(C(F)(F)F)cc1)c1ncn[nH]1. The second-order valence-electron chi connectivity index (χ2n) is 5.00. The highest BCUT2D eigenvalue weighted by Crippen LogP contribution is 2.33. The average Bonchev–Trinajstić information content (AvgIpc) is 3.26. The molecule has 2 N–H and O–H groups in total. The molecule has 0 fully saturated rings. The van der Waals surface area contributed by atoms with Crippen LogP contribution in [0.2, 0.25) is 0 Å². The van der Waals surface area contributed by atoms with Gasteiger partial charge in [-0.15, -0.1) is 0 Å². The van der Waals surface area contributed by atoms with Crippen molar-refractivity contribution in [3.05, 3.63) is 66.1 Å². The van der Waals surface area contributed by atoms with Gasteiger partial charge in [0.25, 0.3) is 0 Å². The van der Waals surface area contributed by atoms with E-state index < -0.39 is 23.3 Å². The lowest BCUT2D eigenvalue weighted by Gasteiger charge is -2.08. The van der Waals surface area contributed by atoms with Crippen LogP contribution >= 0.6 is 0 Å². The number of benzene rings is 1. The number of carbonyl (C=O) groups is 1. The fraction of sp³-hybridized carbons (Fsp3) is 0.0625. The number of aliphatic hydroxyl groups excluding tert-OH is 1. The maximum atomic E-state index is 12.6. The fourth-order valence-corrected chi connectivity index (χ4v) is 1.98. The number of furan rings is 1. The van der Waals surface area contributed by atoms with Gasteiger partial charge in [-0.2, -0.15) is 18.3 Å². The van der Waals surface area contributed by atoms with Gasteiger partial charge in [0.15, 0.2) is 11.6 Å². The maximum Gasteiger partial charge on any atom is 0.416 e. The molecule has 0 aliphatic carbocycles. The maximum absolute atomic E-state index is 12.6. The Balaban J connectivity index is 1.79. The van der Waals surface area contributed by atoms with Crippen molar-refractivity contribution in [1.29, 1.82) is 0 Å². The van der Waals surface area contributed by atoms with Crippen LogP contribution in [0.4, 0.5) is 13.2 Å². The summed E-state index contributed by atoms with van der Waals surface area (Å²) in [6.07, 6.45) is -0.184. The lowest BCUT2D eigenvalue weighted by molar-refractivity contribution is -0.137. The summed E-state index contributed by atoms with van der Waals surface area (Å²) in [4.78, 5) is 15.5. The molecule has 1 aromatic carbocycles. The number of hydrogen-bond donors (Lipinski definition) is 2. The van der Waals surface area contributed by atoms with Crippen LogP contribution in [0.1, 0.15) is 21.7 Å². The first-order valence-electron chi connectivity index (χ1n) is 7.06.